The average molecular weight is 519 g/mol. The van der Waals surface area contributed by atoms with E-state index in [0.717, 1.165) is 29.0 Å². The first-order valence-electron chi connectivity index (χ1n) is 10.7. The van der Waals surface area contributed by atoms with E-state index in [1.807, 2.05) is 13.0 Å². The molecular weight excluding hydrogens is 498 g/mol. The number of rotatable bonds is 8. The van der Waals surface area contributed by atoms with Gasteiger partial charge in [-0.3, -0.25) is 0 Å². The topological polar surface area (TPSA) is 32.7 Å². The monoisotopic (exact) mass is 519 g/mol. The second-order valence-corrected chi connectivity index (χ2v) is 7.89. The first-order chi connectivity index (χ1) is 16.7. The molecule has 1 N–H and O–H groups in total. The molecular formula is C25H21F8NO2. The van der Waals surface area contributed by atoms with Gasteiger partial charge >= 0.3 is 18.3 Å². The van der Waals surface area contributed by atoms with Gasteiger partial charge < -0.3 is 14.7 Å². The molecule has 0 saturated heterocycles. The van der Waals surface area contributed by atoms with Crippen LogP contribution < -0.4 is 9.64 Å². The van der Waals surface area contributed by atoms with E-state index in [9.17, 15) is 40.2 Å². The molecule has 0 spiro atoms. The second kappa shape index (κ2) is 10.3. The summed E-state index contributed by atoms with van der Waals surface area (Å²) in [6.45, 7) is 0.763. The molecule has 0 amide bonds. The molecule has 194 valence electrons. The van der Waals surface area contributed by atoms with E-state index in [-0.39, 0.29) is 11.4 Å². The van der Waals surface area contributed by atoms with E-state index >= 15 is 0 Å². The van der Waals surface area contributed by atoms with Gasteiger partial charge in [0.25, 0.3) is 0 Å². The first kappa shape index (κ1) is 27.3. The van der Waals surface area contributed by atoms with Crippen molar-refractivity contribution < 1.29 is 45.0 Å². The van der Waals surface area contributed by atoms with Crippen molar-refractivity contribution in [2.24, 2.45) is 0 Å². The molecule has 0 aliphatic carbocycles. The maximum Gasteiger partial charge on any atom is 0.458 e. The molecule has 0 aliphatic heterocycles. The van der Waals surface area contributed by atoms with Crippen LogP contribution in [-0.2, 0) is 12.3 Å². The van der Waals surface area contributed by atoms with Crippen molar-refractivity contribution in [3.05, 3.63) is 83.9 Å². The van der Waals surface area contributed by atoms with Gasteiger partial charge in [0, 0.05) is 23.0 Å². The average Bonchev–Trinajstić information content (AvgIpc) is 2.81. The molecule has 1 unspecified atom stereocenters. The van der Waals surface area contributed by atoms with E-state index in [2.05, 4.69) is 0 Å². The molecule has 3 aromatic carbocycles. The molecule has 11 heteroatoms. The lowest BCUT2D eigenvalue weighted by molar-refractivity contribution is -0.289. The molecule has 0 radical (unpaired) electrons. The fourth-order valence-corrected chi connectivity index (χ4v) is 3.35. The van der Waals surface area contributed by atoms with E-state index in [1.54, 1.807) is 18.2 Å². The van der Waals surface area contributed by atoms with Gasteiger partial charge in [0.2, 0.25) is 0 Å². The van der Waals surface area contributed by atoms with Crippen LogP contribution in [0.15, 0.2) is 72.8 Å². The molecule has 0 fully saturated rings. The van der Waals surface area contributed by atoms with E-state index in [4.69, 9.17) is 4.74 Å². The standard InChI is InChI=1S/C25H21F8NO2/c1-2-16-6-3-10-20(12-16)36-21-11-5-9-19(14-21)34(15-22(35)24(28,29)30)18-8-4-7-17(13-18)23(26,27)25(31,32)33/h3-14,22,35H,2,15H2,1H3. The summed E-state index contributed by atoms with van der Waals surface area (Å²) in [6, 6.07) is 15.4. The van der Waals surface area contributed by atoms with Crippen LogP contribution in [0.3, 0.4) is 0 Å². The summed E-state index contributed by atoms with van der Waals surface area (Å²) < 4.78 is 112. The van der Waals surface area contributed by atoms with Gasteiger partial charge in [0.15, 0.2) is 6.10 Å². The maximum atomic E-state index is 13.9. The zero-order valence-electron chi connectivity index (χ0n) is 18.7. The minimum Gasteiger partial charge on any atom is -0.457 e. The Labute approximate surface area is 201 Å². The van der Waals surface area contributed by atoms with E-state index in [0.29, 0.717) is 17.9 Å². The molecule has 3 nitrogen and oxygen atoms in total. The second-order valence-electron chi connectivity index (χ2n) is 7.89. The summed E-state index contributed by atoms with van der Waals surface area (Å²) >= 11 is 0. The normalized spacial score (nSPS) is 13.4. The number of aliphatic hydroxyl groups excluding tert-OH is 1. The Morgan fingerprint density at radius 1 is 0.778 bits per heavy atom. The summed E-state index contributed by atoms with van der Waals surface area (Å²) in [6.07, 6.45) is -13.2. The maximum absolute atomic E-state index is 13.9. The number of hydrogen-bond donors (Lipinski definition) is 1. The van der Waals surface area contributed by atoms with E-state index in [1.165, 1.54) is 24.3 Å². The van der Waals surface area contributed by atoms with Gasteiger partial charge in [-0.05, 0) is 48.4 Å². The number of hydrogen-bond acceptors (Lipinski definition) is 3. The largest absolute Gasteiger partial charge is 0.458 e. The molecule has 0 saturated carbocycles. The van der Waals surface area contributed by atoms with Gasteiger partial charge in [0.1, 0.15) is 11.5 Å². The van der Waals surface area contributed by atoms with Gasteiger partial charge in [-0.2, -0.15) is 35.1 Å². The number of alkyl halides is 8. The Bertz CT molecular complexity index is 1180. The smallest absolute Gasteiger partial charge is 0.457 e. The number of ether oxygens (including phenoxy) is 1. The highest BCUT2D eigenvalue weighted by molar-refractivity contribution is 5.66. The van der Waals surface area contributed by atoms with Crippen LogP contribution in [0.2, 0.25) is 0 Å². The van der Waals surface area contributed by atoms with Crippen LogP contribution in [0.4, 0.5) is 46.5 Å². The lowest BCUT2D eigenvalue weighted by Crippen LogP contribution is -2.39. The highest BCUT2D eigenvalue weighted by Crippen LogP contribution is 2.45. The molecule has 0 heterocycles. The summed E-state index contributed by atoms with van der Waals surface area (Å²) in [7, 11) is 0. The van der Waals surface area contributed by atoms with E-state index < -0.39 is 42.2 Å². The fraction of sp³-hybridized carbons (Fsp3) is 0.280. The van der Waals surface area contributed by atoms with Crippen LogP contribution in [-0.4, -0.2) is 30.1 Å². The highest BCUT2D eigenvalue weighted by Gasteiger charge is 2.58. The summed E-state index contributed by atoms with van der Waals surface area (Å²) in [5, 5.41) is 9.67. The van der Waals surface area contributed by atoms with Gasteiger partial charge in [-0.15, -0.1) is 0 Å². The minimum atomic E-state index is -5.91. The summed E-state index contributed by atoms with van der Waals surface area (Å²) in [4.78, 5) is 0.795. The predicted octanol–water partition coefficient (Wildman–Crippen LogP) is 7.76. The Kier molecular flexibility index (Phi) is 7.82. The van der Waals surface area contributed by atoms with Gasteiger partial charge in [-0.1, -0.05) is 37.3 Å². The third-order valence-electron chi connectivity index (χ3n) is 5.28. The lowest BCUT2D eigenvalue weighted by Gasteiger charge is -2.30. The van der Waals surface area contributed by atoms with Crippen LogP contribution in [0.25, 0.3) is 0 Å². The Morgan fingerprint density at radius 2 is 1.33 bits per heavy atom. The Morgan fingerprint density at radius 3 is 1.92 bits per heavy atom. The van der Waals surface area contributed by atoms with Crippen molar-refractivity contribution >= 4 is 11.4 Å². The zero-order valence-corrected chi connectivity index (χ0v) is 18.7. The molecule has 0 bridgehead atoms. The lowest BCUT2D eigenvalue weighted by atomic mass is 10.1. The molecule has 36 heavy (non-hydrogen) atoms. The molecule has 0 aromatic heterocycles. The summed E-state index contributed by atoms with van der Waals surface area (Å²) in [5.41, 5.74) is -0.941. The summed E-state index contributed by atoms with van der Waals surface area (Å²) in [5.74, 6) is -4.64. The zero-order chi connectivity index (χ0) is 26.7. The molecule has 1 atom stereocenters. The quantitative estimate of drug-likeness (QED) is 0.309. The van der Waals surface area contributed by atoms with Crippen molar-refractivity contribution in [1.82, 2.24) is 0 Å². The van der Waals surface area contributed by atoms with Crippen molar-refractivity contribution in [2.45, 2.75) is 37.7 Å². The van der Waals surface area contributed by atoms with Crippen molar-refractivity contribution in [3.63, 3.8) is 0 Å². The predicted molar refractivity (Wildman–Crippen MR) is 118 cm³/mol. The number of nitrogens with zero attached hydrogens (tertiary/aromatic N) is 1. The van der Waals surface area contributed by atoms with Crippen LogP contribution >= 0.6 is 0 Å². The Balaban J connectivity index is 2.03. The van der Waals surface area contributed by atoms with Crippen molar-refractivity contribution in [3.8, 4) is 11.5 Å². The number of aliphatic hydroxyl groups is 1. The third-order valence-corrected chi connectivity index (χ3v) is 5.28. The van der Waals surface area contributed by atoms with Crippen LogP contribution in [0, 0.1) is 0 Å². The number of halogens is 8. The first-order valence-corrected chi connectivity index (χ1v) is 10.7. The van der Waals surface area contributed by atoms with Gasteiger partial charge in [0.05, 0.1) is 6.54 Å². The van der Waals surface area contributed by atoms with Crippen molar-refractivity contribution in [2.75, 3.05) is 11.4 Å². The van der Waals surface area contributed by atoms with Gasteiger partial charge in [-0.25, -0.2) is 0 Å². The van der Waals surface area contributed by atoms with Crippen LogP contribution in [0.1, 0.15) is 18.1 Å². The third kappa shape index (κ3) is 6.26. The number of aryl methyl sites for hydroxylation is 1. The molecule has 3 aromatic rings. The molecule has 3 rings (SSSR count). The fourth-order valence-electron chi connectivity index (χ4n) is 3.35. The Hall–Kier alpha value is -3.34. The SMILES string of the molecule is CCc1cccc(Oc2cccc(N(CC(O)C(F)(F)F)c3cccc(C(F)(F)C(F)(F)F)c3)c2)c1. The number of anilines is 2. The van der Waals surface area contributed by atoms with Crippen LogP contribution in [0.5, 0.6) is 11.5 Å². The van der Waals surface area contributed by atoms with Crippen molar-refractivity contribution in [1.29, 1.82) is 0 Å². The highest BCUT2D eigenvalue weighted by atomic mass is 19.4. The molecule has 0 aliphatic rings. The minimum absolute atomic E-state index is 0.0325. The number of benzene rings is 3.